The first-order valence-corrected chi connectivity index (χ1v) is 9.15. The Morgan fingerprint density at radius 2 is 0.914 bits per heavy atom. The second-order valence-electron chi connectivity index (χ2n) is 6.26. The van der Waals surface area contributed by atoms with Crippen LogP contribution in [0.15, 0.2) is 36.4 Å². The van der Waals surface area contributed by atoms with Crippen LogP contribution in [0.2, 0.25) is 0 Å². The summed E-state index contributed by atoms with van der Waals surface area (Å²) in [4.78, 5) is 64.2. The Morgan fingerprint density at radius 3 is 1.17 bits per heavy atom. The van der Waals surface area contributed by atoms with Gasteiger partial charge in [-0.05, 0) is 12.1 Å². The Labute approximate surface area is 193 Å². The number of alkyl carbamates (subject to hydrolysis) is 2. The van der Waals surface area contributed by atoms with Crippen molar-refractivity contribution in [3.63, 3.8) is 0 Å². The van der Waals surface area contributed by atoms with Crippen LogP contribution in [-0.4, -0.2) is 38.5 Å². The maximum absolute atomic E-state index is 11.8. The van der Waals surface area contributed by atoms with E-state index < -0.39 is 85.6 Å². The van der Waals surface area contributed by atoms with E-state index in [1.165, 1.54) is 0 Å². The summed E-state index contributed by atoms with van der Waals surface area (Å²) in [6.45, 7) is -2.27. The molecular weight excluding hydrogens is 480 g/mol. The van der Waals surface area contributed by atoms with Crippen LogP contribution >= 0.6 is 0 Å². The summed E-state index contributed by atoms with van der Waals surface area (Å²) in [5, 5.41) is 48.3. The van der Waals surface area contributed by atoms with Crippen molar-refractivity contribution in [3.8, 4) is 0 Å². The van der Waals surface area contributed by atoms with E-state index in [-0.39, 0.29) is 0 Å². The van der Waals surface area contributed by atoms with Gasteiger partial charge in [-0.2, -0.15) is 0 Å². The van der Waals surface area contributed by atoms with Crippen LogP contribution in [0.1, 0.15) is 11.1 Å². The van der Waals surface area contributed by atoms with Gasteiger partial charge >= 0.3 is 12.2 Å². The minimum absolute atomic E-state index is 0.462. The van der Waals surface area contributed by atoms with E-state index in [4.69, 9.17) is 9.47 Å². The van der Waals surface area contributed by atoms with Gasteiger partial charge in [-0.15, -0.1) is 0 Å². The molecule has 18 nitrogen and oxygen atoms in total. The van der Waals surface area contributed by atoms with E-state index in [1.54, 1.807) is 0 Å². The molecule has 18 heteroatoms. The first kappa shape index (κ1) is 25.8. The predicted octanol–water partition coefficient (Wildman–Crippen LogP) is 2.43. The van der Waals surface area contributed by atoms with Crippen molar-refractivity contribution in [2.75, 3.05) is 6.67 Å². The number of amides is 2. The normalized spacial score (nSPS) is 10.1. The lowest BCUT2D eigenvalue weighted by molar-refractivity contribution is -0.396. The van der Waals surface area contributed by atoms with E-state index in [9.17, 15) is 50.0 Å². The number of carbonyl (C=O) groups is 2. The summed E-state index contributed by atoms with van der Waals surface area (Å²) in [6.07, 6.45) is -2.43. The molecule has 0 saturated carbocycles. The minimum atomic E-state index is -1.22. The second-order valence-corrected chi connectivity index (χ2v) is 6.26. The van der Waals surface area contributed by atoms with Crippen molar-refractivity contribution < 1.29 is 38.8 Å². The SMILES string of the molecule is O=C(NCNC(=O)OCc1c([N+](=O)[O-])cccc1[N+](=O)[O-])OCc1c([N+](=O)[O-])cccc1[N+](=O)[O-]. The first-order chi connectivity index (χ1) is 16.5. The quantitative estimate of drug-likeness (QED) is 0.274. The first-order valence-electron chi connectivity index (χ1n) is 9.15. The molecule has 35 heavy (non-hydrogen) atoms. The molecule has 0 bridgehead atoms. The van der Waals surface area contributed by atoms with Crippen LogP contribution in [0.3, 0.4) is 0 Å². The van der Waals surface area contributed by atoms with Gasteiger partial charge in [0.1, 0.15) is 24.3 Å². The molecule has 2 N–H and O–H groups in total. The molecule has 0 spiro atoms. The van der Waals surface area contributed by atoms with Gasteiger partial charge in [0.25, 0.3) is 22.7 Å². The zero-order valence-corrected chi connectivity index (χ0v) is 17.3. The van der Waals surface area contributed by atoms with Crippen LogP contribution in [0.4, 0.5) is 32.3 Å². The van der Waals surface area contributed by atoms with Gasteiger partial charge < -0.3 is 20.1 Å². The van der Waals surface area contributed by atoms with Crippen molar-refractivity contribution in [1.82, 2.24) is 10.6 Å². The van der Waals surface area contributed by atoms with Crippen molar-refractivity contribution in [1.29, 1.82) is 0 Å². The third kappa shape index (κ3) is 6.78. The number of nitro groups is 4. The van der Waals surface area contributed by atoms with Gasteiger partial charge in [0.2, 0.25) is 0 Å². The number of rotatable bonds is 10. The number of nitrogens with zero attached hydrogens (tertiary/aromatic N) is 4. The van der Waals surface area contributed by atoms with E-state index in [1.807, 2.05) is 10.6 Å². The van der Waals surface area contributed by atoms with Crippen molar-refractivity contribution in [2.24, 2.45) is 0 Å². The highest BCUT2D eigenvalue weighted by molar-refractivity contribution is 5.70. The predicted molar refractivity (Wildman–Crippen MR) is 111 cm³/mol. The molecule has 0 saturated heterocycles. The summed E-state index contributed by atoms with van der Waals surface area (Å²) < 4.78 is 9.41. The molecule has 0 atom stereocenters. The highest BCUT2D eigenvalue weighted by atomic mass is 16.6. The molecule has 184 valence electrons. The maximum atomic E-state index is 11.8. The lowest BCUT2D eigenvalue weighted by atomic mass is 10.1. The molecular formula is C17H14N6O12. The Morgan fingerprint density at radius 1 is 0.629 bits per heavy atom. The lowest BCUT2D eigenvalue weighted by Crippen LogP contribution is -2.37. The number of nitrogens with one attached hydrogen (secondary N) is 2. The molecule has 0 aliphatic rings. The monoisotopic (exact) mass is 494 g/mol. The fraction of sp³-hybridized carbons (Fsp3) is 0.176. The third-order valence-electron chi connectivity index (χ3n) is 4.20. The minimum Gasteiger partial charge on any atom is -0.444 e. The van der Waals surface area contributed by atoms with Crippen molar-refractivity contribution in [2.45, 2.75) is 13.2 Å². The Kier molecular flexibility index (Phi) is 8.45. The van der Waals surface area contributed by atoms with E-state index in [0.717, 1.165) is 36.4 Å². The molecule has 2 aromatic carbocycles. The maximum Gasteiger partial charge on any atom is 0.408 e. The molecule has 0 radical (unpaired) electrons. The summed E-state index contributed by atoms with van der Waals surface area (Å²) >= 11 is 0. The Balaban J connectivity index is 1.90. The fourth-order valence-electron chi connectivity index (χ4n) is 2.67. The molecule has 2 rings (SSSR count). The largest absolute Gasteiger partial charge is 0.444 e. The molecule has 0 heterocycles. The number of hydrogen-bond donors (Lipinski definition) is 2. The standard InChI is InChI=1S/C17H14N6O12/c24-16(34-7-10-12(20(26)27)3-1-4-13(10)21(28)29)18-9-19-17(25)35-8-11-14(22(30)31)5-2-6-15(11)23(32)33/h1-6H,7-9H2,(H,18,24)(H,19,25). The van der Waals surface area contributed by atoms with Crippen LogP contribution in [-0.2, 0) is 22.7 Å². The molecule has 0 unspecified atom stereocenters. The number of nitro benzene ring substituents is 4. The van der Waals surface area contributed by atoms with Gasteiger partial charge in [0.15, 0.2) is 0 Å². The molecule has 2 amide bonds. The highest BCUT2D eigenvalue weighted by Crippen LogP contribution is 2.29. The number of benzene rings is 2. The topological polar surface area (TPSA) is 249 Å². The third-order valence-corrected chi connectivity index (χ3v) is 4.20. The highest BCUT2D eigenvalue weighted by Gasteiger charge is 2.27. The molecule has 2 aromatic rings. The Hall–Kier alpha value is -5.42. The smallest absolute Gasteiger partial charge is 0.408 e. The van der Waals surface area contributed by atoms with Crippen LogP contribution in [0.25, 0.3) is 0 Å². The summed E-state index contributed by atoms with van der Waals surface area (Å²) in [5.74, 6) is 0. The lowest BCUT2D eigenvalue weighted by Gasteiger charge is -2.10. The van der Waals surface area contributed by atoms with Crippen LogP contribution in [0, 0.1) is 40.5 Å². The van der Waals surface area contributed by atoms with Gasteiger partial charge in [0, 0.05) is 24.3 Å². The fourth-order valence-corrected chi connectivity index (χ4v) is 2.67. The van der Waals surface area contributed by atoms with Gasteiger partial charge in [-0.25, -0.2) is 9.59 Å². The summed E-state index contributed by atoms with van der Waals surface area (Å²) in [6, 6.07) is 6.14. The number of hydrogen-bond acceptors (Lipinski definition) is 12. The average Bonchev–Trinajstić information content (AvgIpc) is 2.80. The molecule has 0 aliphatic carbocycles. The van der Waals surface area contributed by atoms with Crippen molar-refractivity contribution >= 4 is 34.9 Å². The molecule has 0 aromatic heterocycles. The molecule has 0 fully saturated rings. The second kappa shape index (κ2) is 11.4. The van der Waals surface area contributed by atoms with E-state index >= 15 is 0 Å². The zero-order valence-electron chi connectivity index (χ0n) is 17.3. The Bertz CT molecular complexity index is 1040. The van der Waals surface area contributed by atoms with Crippen LogP contribution < -0.4 is 10.6 Å². The van der Waals surface area contributed by atoms with E-state index in [0.29, 0.717) is 0 Å². The van der Waals surface area contributed by atoms with Gasteiger partial charge in [0.05, 0.1) is 26.4 Å². The average molecular weight is 494 g/mol. The molecule has 0 aliphatic heterocycles. The van der Waals surface area contributed by atoms with E-state index in [2.05, 4.69) is 0 Å². The van der Waals surface area contributed by atoms with Crippen LogP contribution in [0.5, 0.6) is 0 Å². The van der Waals surface area contributed by atoms with Gasteiger partial charge in [-0.3, -0.25) is 40.5 Å². The number of ether oxygens (including phenoxy) is 2. The summed E-state index contributed by atoms with van der Waals surface area (Å²) in [7, 11) is 0. The summed E-state index contributed by atoms with van der Waals surface area (Å²) in [5.41, 5.74) is -3.49. The zero-order chi connectivity index (χ0) is 26.1. The number of carbonyl (C=O) groups excluding carboxylic acids is 2. The van der Waals surface area contributed by atoms with Gasteiger partial charge in [-0.1, -0.05) is 0 Å². The van der Waals surface area contributed by atoms with Crippen molar-refractivity contribution in [3.05, 3.63) is 88.0 Å².